The topological polar surface area (TPSA) is 60.9 Å². The van der Waals surface area contributed by atoms with E-state index in [1.807, 2.05) is 12.1 Å². The van der Waals surface area contributed by atoms with Crippen molar-refractivity contribution in [3.63, 3.8) is 0 Å². The number of thioether (sulfide) groups is 1. The Hall–Kier alpha value is -2.08. The van der Waals surface area contributed by atoms with Gasteiger partial charge in [-0.3, -0.25) is 4.79 Å². The molecule has 0 N–H and O–H groups in total. The summed E-state index contributed by atoms with van der Waals surface area (Å²) in [4.78, 5) is 20.0. The smallest absolute Gasteiger partial charge is 0.145 e. The molecule has 3 heterocycles. The van der Waals surface area contributed by atoms with Gasteiger partial charge in [0, 0.05) is 5.69 Å². The largest absolute Gasteiger partial charge is 0.467 e. The maximum Gasteiger partial charge on any atom is 0.145 e. The Morgan fingerprint density at radius 2 is 2.18 bits per heavy atom. The van der Waals surface area contributed by atoms with Crippen LogP contribution in [0, 0.1) is 13.8 Å². The maximum absolute atomic E-state index is 11.2. The highest BCUT2D eigenvalue weighted by atomic mass is 32.2. The van der Waals surface area contributed by atoms with E-state index in [2.05, 4.69) is 28.4 Å². The molecule has 0 saturated carbocycles. The van der Waals surface area contributed by atoms with Gasteiger partial charge in [-0.1, -0.05) is 11.8 Å². The van der Waals surface area contributed by atoms with Gasteiger partial charge in [0.25, 0.3) is 0 Å². The Labute approximate surface area is 132 Å². The molecular weight excluding hydrogens is 298 g/mol. The molecule has 6 heteroatoms. The van der Waals surface area contributed by atoms with E-state index in [0.29, 0.717) is 12.3 Å². The zero-order chi connectivity index (χ0) is 15.7. The van der Waals surface area contributed by atoms with Gasteiger partial charge in [-0.2, -0.15) is 0 Å². The molecule has 0 bridgehead atoms. The second-order valence-electron chi connectivity index (χ2n) is 5.24. The van der Waals surface area contributed by atoms with Crippen LogP contribution < -0.4 is 0 Å². The third-order valence-electron chi connectivity index (χ3n) is 3.68. The highest BCUT2D eigenvalue weighted by Crippen LogP contribution is 2.31. The normalized spacial score (nSPS) is 11.2. The quantitative estimate of drug-likeness (QED) is 0.533. The van der Waals surface area contributed by atoms with E-state index in [1.54, 1.807) is 19.5 Å². The first-order valence-corrected chi connectivity index (χ1v) is 8.01. The van der Waals surface area contributed by atoms with E-state index in [-0.39, 0.29) is 5.78 Å². The van der Waals surface area contributed by atoms with Crippen LogP contribution in [0.25, 0.3) is 11.0 Å². The van der Waals surface area contributed by atoms with E-state index in [4.69, 9.17) is 4.42 Å². The average molecular weight is 315 g/mol. The number of aryl methyl sites for hydroxylation is 1. The van der Waals surface area contributed by atoms with Gasteiger partial charge in [0.05, 0.1) is 23.9 Å². The molecule has 114 valence electrons. The van der Waals surface area contributed by atoms with E-state index < -0.39 is 0 Å². The number of carbonyl (C=O) groups is 1. The highest BCUT2D eigenvalue weighted by Gasteiger charge is 2.17. The van der Waals surface area contributed by atoms with Crippen LogP contribution in [0.1, 0.15) is 23.9 Å². The first-order chi connectivity index (χ1) is 10.6. The number of fused-ring (bicyclic) bond motifs is 1. The lowest BCUT2D eigenvalue weighted by Crippen LogP contribution is -2.02. The predicted molar refractivity (Wildman–Crippen MR) is 86.2 cm³/mol. The van der Waals surface area contributed by atoms with Crippen LogP contribution in [0.5, 0.6) is 0 Å². The van der Waals surface area contributed by atoms with E-state index in [9.17, 15) is 4.79 Å². The number of hydrogen-bond donors (Lipinski definition) is 0. The fourth-order valence-electron chi connectivity index (χ4n) is 2.47. The van der Waals surface area contributed by atoms with Crippen molar-refractivity contribution in [1.82, 2.24) is 14.5 Å². The van der Waals surface area contributed by atoms with Gasteiger partial charge >= 0.3 is 0 Å². The van der Waals surface area contributed by atoms with Gasteiger partial charge < -0.3 is 8.98 Å². The fraction of sp³-hybridized carbons (Fsp3) is 0.312. The van der Waals surface area contributed by atoms with Crippen molar-refractivity contribution >= 4 is 28.6 Å². The summed E-state index contributed by atoms with van der Waals surface area (Å²) in [7, 11) is 0. The molecule has 0 aliphatic heterocycles. The fourth-order valence-corrected chi connectivity index (χ4v) is 3.32. The molecular formula is C16H17N3O2S. The lowest BCUT2D eigenvalue weighted by atomic mass is 10.2. The Balaban J connectivity index is 2.08. The van der Waals surface area contributed by atoms with Crippen LogP contribution >= 0.6 is 11.8 Å². The van der Waals surface area contributed by atoms with Gasteiger partial charge in [-0.05, 0) is 38.5 Å². The van der Waals surface area contributed by atoms with Crippen molar-refractivity contribution in [2.75, 3.05) is 5.75 Å². The molecule has 0 aliphatic carbocycles. The minimum atomic E-state index is 0.140. The summed E-state index contributed by atoms with van der Waals surface area (Å²) < 4.78 is 7.57. The number of furan rings is 1. The van der Waals surface area contributed by atoms with Crippen molar-refractivity contribution in [2.45, 2.75) is 32.3 Å². The van der Waals surface area contributed by atoms with Crippen molar-refractivity contribution in [3.8, 4) is 0 Å². The van der Waals surface area contributed by atoms with Crippen molar-refractivity contribution in [2.24, 2.45) is 0 Å². The average Bonchev–Trinajstić information content (AvgIpc) is 3.09. The number of Topliss-reactive ketones (excluding diaryl/α,β-unsaturated/α-hetero) is 1. The van der Waals surface area contributed by atoms with Gasteiger partial charge in [0.15, 0.2) is 0 Å². The molecule has 22 heavy (non-hydrogen) atoms. The molecule has 3 aromatic heterocycles. The zero-order valence-corrected chi connectivity index (χ0v) is 13.6. The molecule has 0 spiro atoms. The van der Waals surface area contributed by atoms with Crippen LogP contribution in [-0.4, -0.2) is 26.1 Å². The molecule has 5 nitrogen and oxygen atoms in total. The number of nitrogens with zero attached hydrogens (tertiary/aromatic N) is 3. The summed E-state index contributed by atoms with van der Waals surface area (Å²) in [5.74, 6) is 1.45. The van der Waals surface area contributed by atoms with Crippen molar-refractivity contribution in [1.29, 1.82) is 0 Å². The van der Waals surface area contributed by atoms with Gasteiger partial charge in [0.1, 0.15) is 28.5 Å². The Bertz CT molecular complexity index is 822. The number of ketones is 1. The first kappa shape index (κ1) is 14.8. The third-order valence-corrected chi connectivity index (χ3v) is 4.81. The Kier molecular flexibility index (Phi) is 4.02. The monoisotopic (exact) mass is 315 g/mol. The zero-order valence-electron chi connectivity index (χ0n) is 12.8. The standard InChI is InChI=1S/C16H17N3O2S/c1-10(20)8-22-16-14-11(2)12(3)19(15(14)17-9-18-16)7-13-5-4-6-21-13/h4-6,9H,7-8H2,1-3H3. The molecule has 0 fully saturated rings. The SMILES string of the molecule is CC(=O)CSc1ncnc2c1c(C)c(C)n2Cc1ccco1. The van der Waals surface area contributed by atoms with Gasteiger partial charge in [-0.25, -0.2) is 9.97 Å². The lowest BCUT2D eigenvalue weighted by molar-refractivity contribution is -0.114. The number of carbonyl (C=O) groups excluding carboxylic acids is 1. The molecule has 3 aromatic rings. The third kappa shape index (κ3) is 2.66. The second-order valence-corrected chi connectivity index (χ2v) is 6.21. The van der Waals surface area contributed by atoms with Crippen molar-refractivity contribution < 1.29 is 9.21 Å². The number of rotatable bonds is 5. The summed E-state index contributed by atoms with van der Waals surface area (Å²) in [6.07, 6.45) is 3.23. The molecule has 0 amide bonds. The lowest BCUT2D eigenvalue weighted by Gasteiger charge is -2.05. The number of aromatic nitrogens is 3. The summed E-state index contributed by atoms with van der Waals surface area (Å²) >= 11 is 1.46. The molecule has 3 rings (SSSR count). The van der Waals surface area contributed by atoms with E-state index >= 15 is 0 Å². The minimum Gasteiger partial charge on any atom is -0.467 e. The van der Waals surface area contributed by atoms with Crippen molar-refractivity contribution in [3.05, 3.63) is 41.7 Å². The Morgan fingerprint density at radius 3 is 2.86 bits per heavy atom. The molecule has 0 saturated heterocycles. The first-order valence-electron chi connectivity index (χ1n) is 7.03. The molecule has 0 radical (unpaired) electrons. The highest BCUT2D eigenvalue weighted by molar-refractivity contribution is 8.00. The minimum absolute atomic E-state index is 0.140. The van der Waals surface area contributed by atoms with Crippen LogP contribution in [0.2, 0.25) is 0 Å². The maximum atomic E-state index is 11.2. The molecule has 0 aromatic carbocycles. The molecule has 0 aliphatic rings. The van der Waals surface area contributed by atoms with Crippen LogP contribution in [0.4, 0.5) is 0 Å². The summed E-state index contributed by atoms with van der Waals surface area (Å²) in [5.41, 5.74) is 3.16. The molecule has 0 atom stereocenters. The number of hydrogen-bond acceptors (Lipinski definition) is 5. The van der Waals surface area contributed by atoms with Crippen LogP contribution in [-0.2, 0) is 11.3 Å². The summed E-state index contributed by atoms with van der Waals surface area (Å²) in [5, 5.41) is 1.89. The van der Waals surface area contributed by atoms with Crippen LogP contribution in [0.15, 0.2) is 34.2 Å². The van der Waals surface area contributed by atoms with Crippen LogP contribution in [0.3, 0.4) is 0 Å². The summed E-state index contributed by atoms with van der Waals surface area (Å²) in [6.45, 7) is 6.36. The van der Waals surface area contributed by atoms with Gasteiger partial charge in [0.2, 0.25) is 0 Å². The predicted octanol–water partition coefficient (Wildman–Crippen LogP) is 3.37. The Morgan fingerprint density at radius 1 is 1.36 bits per heavy atom. The van der Waals surface area contributed by atoms with E-state index in [1.165, 1.54) is 11.8 Å². The van der Waals surface area contributed by atoms with E-state index in [0.717, 1.165) is 33.1 Å². The molecule has 0 unspecified atom stereocenters. The summed E-state index contributed by atoms with van der Waals surface area (Å²) in [6, 6.07) is 3.83. The second kappa shape index (κ2) is 5.96. The van der Waals surface area contributed by atoms with Gasteiger partial charge in [-0.15, -0.1) is 0 Å².